The monoisotopic (exact) mass is 487 g/mol. The SMILES string of the molecule is CS(=O)(=O)Nc1nc2ccc(NC(=O)C3CCN(S(=O)(=O)N4CCCC4)CC3)cc2s1. The van der Waals surface area contributed by atoms with Crippen molar-refractivity contribution in [3.8, 4) is 0 Å². The molecule has 0 spiro atoms. The average Bonchev–Trinajstić information content (AvgIpc) is 3.36. The molecule has 2 aliphatic heterocycles. The maximum atomic E-state index is 12.7. The molecule has 13 heteroatoms. The third-order valence-corrected chi connectivity index (χ3v) is 9.13. The summed E-state index contributed by atoms with van der Waals surface area (Å²) in [5.41, 5.74) is 1.23. The van der Waals surface area contributed by atoms with Gasteiger partial charge in [-0.05, 0) is 43.9 Å². The number of carbonyl (C=O) groups excluding carboxylic acids is 1. The number of sulfonamides is 1. The lowest BCUT2D eigenvalue weighted by atomic mass is 9.97. The minimum absolute atomic E-state index is 0.142. The van der Waals surface area contributed by atoms with Crippen molar-refractivity contribution < 1.29 is 21.6 Å². The molecule has 1 amide bonds. The minimum atomic E-state index is -3.42. The summed E-state index contributed by atoms with van der Waals surface area (Å²) < 4.78 is 54.2. The number of benzene rings is 1. The zero-order valence-electron chi connectivity index (χ0n) is 17.1. The summed E-state index contributed by atoms with van der Waals surface area (Å²) in [5.74, 6) is -0.402. The molecular weight excluding hydrogens is 462 g/mol. The highest BCUT2D eigenvalue weighted by atomic mass is 32.2. The van der Waals surface area contributed by atoms with Crippen molar-refractivity contribution in [2.75, 3.05) is 42.5 Å². The maximum Gasteiger partial charge on any atom is 0.281 e. The fourth-order valence-corrected chi connectivity index (χ4v) is 7.34. The van der Waals surface area contributed by atoms with Crippen LogP contribution in [0.4, 0.5) is 10.8 Å². The Hall–Kier alpha value is -1.80. The second-order valence-electron chi connectivity index (χ2n) is 7.85. The Kier molecular flexibility index (Phi) is 6.23. The predicted molar refractivity (Wildman–Crippen MR) is 121 cm³/mol. The van der Waals surface area contributed by atoms with Crippen molar-refractivity contribution in [3.63, 3.8) is 0 Å². The quantitative estimate of drug-likeness (QED) is 0.638. The van der Waals surface area contributed by atoms with E-state index in [1.165, 1.54) is 19.9 Å². The molecule has 4 rings (SSSR count). The second-order valence-corrected chi connectivity index (χ2v) is 12.6. The van der Waals surface area contributed by atoms with Gasteiger partial charge in [-0.15, -0.1) is 0 Å². The van der Waals surface area contributed by atoms with Crippen LogP contribution in [0.15, 0.2) is 18.2 Å². The van der Waals surface area contributed by atoms with Crippen LogP contribution in [0.5, 0.6) is 0 Å². The third-order valence-electron chi connectivity index (χ3n) is 5.47. The molecule has 0 aliphatic carbocycles. The number of aromatic nitrogens is 1. The first-order valence-corrected chi connectivity index (χ1v) is 14.2. The van der Waals surface area contributed by atoms with Crippen LogP contribution in [0.25, 0.3) is 10.2 Å². The van der Waals surface area contributed by atoms with Gasteiger partial charge in [-0.25, -0.2) is 13.4 Å². The van der Waals surface area contributed by atoms with Gasteiger partial charge < -0.3 is 5.32 Å². The summed E-state index contributed by atoms with van der Waals surface area (Å²) in [6, 6.07) is 5.20. The van der Waals surface area contributed by atoms with Crippen LogP contribution in [-0.2, 0) is 25.0 Å². The molecule has 31 heavy (non-hydrogen) atoms. The third kappa shape index (κ3) is 5.17. The van der Waals surface area contributed by atoms with Gasteiger partial charge in [0.05, 0.1) is 16.5 Å². The second kappa shape index (κ2) is 8.62. The number of fused-ring (bicyclic) bond motifs is 1. The molecule has 2 N–H and O–H groups in total. The number of anilines is 2. The molecule has 3 heterocycles. The van der Waals surface area contributed by atoms with Crippen molar-refractivity contribution in [2.45, 2.75) is 25.7 Å². The van der Waals surface area contributed by atoms with Gasteiger partial charge in [0.15, 0.2) is 5.13 Å². The molecule has 1 aromatic heterocycles. The molecular formula is C18H25N5O5S3. The lowest BCUT2D eigenvalue weighted by Crippen LogP contribution is -2.47. The molecule has 2 aliphatic rings. The fraction of sp³-hybridized carbons (Fsp3) is 0.556. The number of nitrogens with one attached hydrogen (secondary N) is 2. The van der Waals surface area contributed by atoms with E-state index in [1.54, 1.807) is 18.2 Å². The molecule has 170 valence electrons. The Morgan fingerprint density at radius 2 is 1.71 bits per heavy atom. The highest BCUT2D eigenvalue weighted by molar-refractivity contribution is 7.92. The lowest BCUT2D eigenvalue weighted by Gasteiger charge is -2.33. The number of hydrogen-bond acceptors (Lipinski definition) is 7. The standard InChI is InChI=1S/C18H25N5O5S3/c1-30(25,26)21-18-20-15-5-4-14(12-16(15)29-18)19-17(24)13-6-10-23(11-7-13)31(27,28)22-8-2-3-9-22/h4-5,12-13H,2-3,6-11H2,1H3,(H,19,24)(H,20,21). The summed E-state index contributed by atoms with van der Waals surface area (Å²) in [6.45, 7) is 1.82. The smallest absolute Gasteiger partial charge is 0.281 e. The van der Waals surface area contributed by atoms with E-state index < -0.39 is 20.2 Å². The highest BCUT2D eigenvalue weighted by Gasteiger charge is 2.35. The van der Waals surface area contributed by atoms with Crippen LogP contribution in [-0.4, -0.2) is 68.8 Å². The van der Waals surface area contributed by atoms with Gasteiger partial charge in [0.2, 0.25) is 15.9 Å². The molecule has 0 bridgehead atoms. The van der Waals surface area contributed by atoms with E-state index >= 15 is 0 Å². The molecule has 10 nitrogen and oxygen atoms in total. The van der Waals surface area contributed by atoms with Gasteiger partial charge in [-0.1, -0.05) is 11.3 Å². The van der Waals surface area contributed by atoms with Gasteiger partial charge in [0.1, 0.15) is 0 Å². The van der Waals surface area contributed by atoms with Gasteiger partial charge in [-0.2, -0.15) is 17.0 Å². The average molecular weight is 488 g/mol. The molecule has 2 fully saturated rings. The van der Waals surface area contributed by atoms with Gasteiger partial charge in [0, 0.05) is 37.8 Å². The van der Waals surface area contributed by atoms with Crippen molar-refractivity contribution in [1.29, 1.82) is 0 Å². The van der Waals surface area contributed by atoms with Crippen LogP contribution in [0.3, 0.4) is 0 Å². The van der Waals surface area contributed by atoms with Crippen LogP contribution in [0, 0.1) is 5.92 Å². The van der Waals surface area contributed by atoms with Gasteiger partial charge in [0.25, 0.3) is 10.2 Å². The largest absolute Gasteiger partial charge is 0.326 e. The predicted octanol–water partition coefficient (Wildman–Crippen LogP) is 1.66. The van der Waals surface area contributed by atoms with E-state index in [9.17, 15) is 21.6 Å². The van der Waals surface area contributed by atoms with Crippen molar-refractivity contribution in [1.82, 2.24) is 13.6 Å². The number of carbonyl (C=O) groups is 1. The molecule has 2 aromatic rings. The zero-order valence-corrected chi connectivity index (χ0v) is 19.5. The summed E-state index contributed by atoms with van der Waals surface area (Å²) in [4.78, 5) is 16.9. The topological polar surface area (TPSA) is 129 Å². The van der Waals surface area contributed by atoms with Crippen molar-refractivity contribution in [3.05, 3.63) is 18.2 Å². The molecule has 0 atom stereocenters. The number of nitrogens with zero attached hydrogens (tertiary/aromatic N) is 3. The summed E-state index contributed by atoms with van der Waals surface area (Å²) >= 11 is 1.19. The minimum Gasteiger partial charge on any atom is -0.326 e. The van der Waals surface area contributed by atoms with E-state index in [0.29, 0.717) is 50.2 Å². The number of piperidine rings is 1. The van der Waals surface area contributed by atoms with E-state index in [-0.39, 0.29) is 17.0 Å². The van der Waals surface area contributed by atoms with E-state index in [1.807, 2.05) is 0 Å². The summed E-state index contributed by atoms with van der Waals surface area (Å²) in [5, 5.41) is 3.16. The maximum absolute atomic E-state index is 12.7. The van der Waals surface area contributed by atoms with E-state index in [0.717, 1.165) is 23.8 Å². The van der Waals surface area contributed by atoms with Gasteiger partial charge >= 0.3 is 0 Å². The molecule has 0 unspecified atom stereocenters. The Bertz CT molecular complexity index is 1180. The summed E-state index contributed by atoms with van der Waals surface area (Å²) in [6.07, 6.45) is 3.81. The normalized spacial score (nSPS) is 19.6. The van der Waals surface area contributed by atoms with Crippen LogP contribution in [0.1, 0.15) is 25.7 Å². The van der Waals surface area contributed by atoms with Crippen LogP contribution in [0.2, 0.25) is 0 Å². The first kappa shape index (κ1) is 22.4. The number of hydrogen-bond donors (Lipinski definition) is 2. The molecule has 0 radical (unpaired) electrons. The van der Waals surface area contributed by atoms with Crippen molar-refractivity contribution in [2.24, 2.45) is 5.92 Å². The molecule has 1 aromatic carbocycles. The number of amides is 1. The van der Waals surface area contributed by atoms with E-state index in [4.69, 9.17) is 0 Å². The lowest BCUT2D eigenvalue weighted by molar-refractivity contribution is -0.120. The first-order valence-electron chi connectivity index (χ1n) is 10.1. The highest BCUT2D eigenvalue weighted by Crippen LogP contribution is 2.30. The summed E-state index contributed by atoms with van der Waals surface area (Å²) in [7, 11) is -6.83. The Balaban J connectivity index is 1.37. The Morgan fingerprint density at radius 3 is 2.35 bits per heavy atom. The first-order chi connectivity index (χ1) is 14.6. The van der Waals surface area contributed by atoms with E-state index in [2.05, 4.69) is 15.0 Å². The Morgan fingerprint density at radius 1 is 1.06 bits per heavy atom. The fourth-order valence-electron chi connectivity index (χ4n) is 3.88. The number of thiazole rings is 1. The number of rotatable bonds is 6. The van der Waals surface area contributed by atoms with Crippen molar-refractivity contribution >= 4 is 58.5 Å². The van der Waals surface area contributed by atoms with Crippen LogP contribution < -0.4 is 10.0 Å². The zero-order chi connectivity index (χ0) is 22.2. The van der Waals surface area contributed by atoms with Crippen LogP contribution >= 0.6 is 11.3 Å². The molecule has 0 saturated carbocycles. The van der Waals surface area contributed by atoms with Gasteiger partial charge in [-0.3, -0.25) is 9.52 Å². The Labute approximate surface area is 185 Å². The molecule has 2 saturated heterocycles.